The van der Waals surface area contributed by atoms with Crippen molar-refractivity contribution in [2.24, 2.45) is 0 Å². The number of hydrogen-bond donors (Lipinski definition) is 1. The third-order valence-electron chi connectivity index (χ3n) is 3.61. The van der Waals surface area contributed by atoms with Gasteiger partial charge in [-0.05, 0) is 37.2 Å². The Bertz CT molecular complexity index is 411. The van der Waals surface area contributed by atoms with Crippen LogP contribution < -0.4 is 5.32 Å². The van der Waals surface area contributed by atoms with Crippen molar-refractivity contribution in [2.75, 3.05) is 44.7 Å². The molecule has 0 aliphatic carbocycles. The fourth-order valence-electron chi connectivity index (χ4n) is 2.34. The van der Waals surface area contributed by atoms with E-state index >= 15 is 0 Å². The zero-order valence-electron chi connectivity index (χ0n) is 12.2. The second-order valence-corrected chi connectivity index (χ2v) is 5.09. The van der Waals surface area contributed by atoms with Crippen LogP contribution in [0.5, 0.6) is 0 Å². The molecule has 0 aromatic heterocycles. The zero-order valence-corrected chi connectivity index (χ0v) is 12.2. The van der Waals surface area contributed by atoms with Gasteiger partial charge in [-0.25, -0.2) is 0 Å². The molecule has 1 aromatic rings. The summed E-state index contributed by atoms with van der Waals surface area (Å²) in [6, 6.07) is 7.77. The van der Waals surface area contributed by atoms with Crippen LogP contribution in [-0.2, 0) is 4.74 Å². The standard InChI is InChI=1S/C16H24N2O2/c1-2-16(19)14-4-6-15(7-5-14)17-8-3-9-18-10-12-20-13-11-18/h4-7,17H,2-3,8-13H2,1H3. The van der Waals surface area contributed by atoms with Gasteiger partial charge in [0, 0.05) is 37.3 Å². The molecule has 1 saturated heterocycles. The van der Waals surface area contributed by atoms with Crippen molar-refractivity contribution in [3.8, 4) is 0 Å². The molecule has 1 heterocycles. The van der Waals surface area contributed by atoms with Gasteiger partial charge in [0.05, 0.1) is 13.2 Å². The number of Topliss-reactive ketones (excluding diaryl/α,β-unsaturated/α-hetero) is 1. The van der Waals surface area contributed by atoms with Crippen LogP contribution in [-0.4, -0.2) is 50.1 Å². The summed E-state index contributed by atoms with van der Waals surface area (Å²) in [5.41, 5.74) is 1.88. The Morgan fingerprint density at radius 1 is 1.25 bits per heavy atom. The lowest BCUT2D eigenvalue weighted by atomic mass is 10.1. The van der Waals surface area contributed by atoms with Crippen LogP contribution in [0, 0.1) is 0 Å². The maximum atomic E-state index is 11.5. The van der Waals surface area contributed by atoms with Gasteiger partial charge in [0.1, 0.15) is 0 Å². The first-order valence-electron chi connectivity index (χ1n) is 7.47. The second kappa shape index (κ2) is 8.02. The third kappa shape index (κ3) is 4.62. The molecule has 110 valence electrons. The Labute approximate surface area is 121 Å². The van der Waals surface area contributed by atoms with Crippen LogP contribution in [0.3, 0.4) is 0 Å². The molecule has 1 aliphatic heterocycles. The molecule has 4 nitrogen and oxygen atoms in total. The number of ether oxygens (including phenoxy) is 1. The minimum Gasteiger partial charge on any atom is -0.385 e. The summed E-state index contributed by atoms with van der Waals surface area (Å²) in [6.45, 7) is 7.78. The highest BCUT2D eigenvalue weighted by Crippen LogP contribution is 2.11. The van der Waals surface area contributed by atoms with Crippen LogP contribution in [0.1, 0.15) is 30.1 Å². The van der Waals surface area contributed by atoms with Crippen molar-refractivity contribution >= 4 is 11.5 Å². The van der Waals surface area contributed by atoms with E-state index in [0.29, 0.717) is 6.42 Å². The van der Waals surface area contributed by atoms with Gasteiger partial charge < -0.3 is 10.1 Å². The quantitative estimate of drug-likeness (QED) is 0.613. The number of carbonyl (C=O) groups is 1. The van der Waals surface area contributed by atoms with Gasteiger partial charge in [0.2, 0.25) is 0 Å². The molecular weight excluding hydrogens is 252 g/mol. The molecule has 4 heteroatoms. The number of ketones is 1. The summed E-state index contributed by atoms with van der Waals surface area (Å²) in [4.78, 5) is 14.0. The number of morpholine rings is 1. The summed E-state index contributed by atoms with van der Waals surface area (Å²) in [7, 11) is 0. The van der Waals surface area contributed by atoms with Gasteiger partial charge in [-0.3, -0.25) is 9.69 Å². The Morgan fingerprint density at radius 3 is 2.60 bits per heavy atom. The molecule has 2 rings (SSSR count). The van der Waals surface area contributed by atoms with E-state index in [0.717, 1.165) is 57.1 Å². The maximum absolute atomic E-state index is 11.5. The van der Waals surface area contributed by atoms with E-state index in [1.807, 2.05) is 31.2 Å². The smallest absolute Gasteiger partial charge is 0.162 e. The van der Waals surface area contributed by atoms with E-state index in [-0.39, 0.29) is 5.78 Å². The van der Waals surface area contributed by atoms with Crippen molar-refractivity contribution in [2.45, 2.75) is 19.8 Å². The number of rotatable bonds is 7. The number of hydrogen-bond acceptors (Lipinski definition) is 4. The normalized spacial score (nSPS) is 16.1. The molecular formula is C16H24N2O2. The van der Waals surface area contributed by atoms with Crippen LogP contribution >= 0.6 is 0 Å². The predicted molar refractivity (Wildman–Crippen MR) is 81.4 cm³/mol. The highest BCUT2D eigenvalue weighted by Gasteiger charge is 2.09. The lowest BCUT2D eigenvalue weighted by Gasteiger charge is -2.26. The summed E-state index contributed by atoms with van der Waals surface area (Å²) in [5.74, 6) is 0.198. The number of benzene rings is 1. The molecule has 1 N–H and O–H groups in total. The Kier molecular flexibility index (Phi) is 6.02. The van der Waals surface area contributed by atoms with Crippen LogP contribution in [0.2, 0.25) is 0 Å². The van der Waals surface area contributed by atoms with E-state index in [1.54, 1.807) is 0 Å². The average molecular weight is 276 g/mol. The average Bonchev–Trinajstić information content (AvgIpc) is 2.52. The topological polar surface area (TPSA) is 41.6 Å². The molecule has 1 aliphatic rings. The first-order valence-corrected chi connectivity index (χ1v) is 7.47. The van der Waals surface area contributed by atoms with Gasteiger partial charge >= 0.3 is 0 Å². The van der Waals surface area contributed by atoms with Crippen molar-refractivity contribution in [1.82, 2.24) is 4.90 Å². The van der Waals surface area contributed by atoms with E-state index in [4.69, 9.17) is 4.74 Å². The molecule has 0 bridgehead atoms. The second-order valence-electron chi connectivity index (χ2n) is 5.09. The van der Waals surface area contributed by atoms with E-state index in [9.17, 15) is 4.79 Å². The number of anilines is 1. The SMILES string of the molecule is CCC(=O)c1ccc(NCCCN2CCOCC2)cc1. The fraction of sp³-hybridized carbons (Fsp3) is 0.562. The third-order valence-corrected chi connectivity index (χ3v) is 3.61. The van der Waals surface area contributed by atoms with Crippen LogP contribution in [0.15, 0.2) is 24.3 Å². The highest BCUT2D eigenvalue weighted by atomic mass is 16.5. The molecule has 0 unspecified atom stereocenters. The summed E-state index contributed by atoms with van der Waals surface area (Å²) < 4.78 is 5.33. The first kappa shape index (κ1) is 15.0. The van der Waals surface area contributed by atoms with E-state index in [2.05, 4.69) is 10.2 Å². The number of nitrogens with one attached hydrogen (secondary N) is 1. The largest absolute Gasteiger partial charge is 0.385 e. The van der Waals surface area contributed by atoms with Crippen molar-refractivity contribution < 1.29 is 9.53 Å². The fourth-order valence-corrected chi connectivity index (χ4v) is 2.34. The summed E-state index contributed by atoms with van der Waals surface area (Å²) >= 11 is 0. The Balaban J connectivity index is 1.67. The lowest BCUT2D eigenvalue weighted by Crippen LogP contribution is -2.37. The van der Waals surface area contributed by atoms with E-state index in [1.165, 1.54) is 0 Å². The van der Waals surface area contributed by atoms with Gasteiger partial charge in [-0.1, -0.05) is 6.92 Å². The van der Waals surface area contributed by atoms with Crippen molar-refractivity contribution in [1.29, 1.82) is 0 Å². The molecule has 0 radical (unpaired) electrons. The van der Waals surface area contributed by atoms with Crippen LogP contribution in [0.4, 0.5) is 5.69 Å². The predicted octanol–water partition coefficient (Wildman–Crippen LogP) is 2.41. The minimum atomic E-state index is 0.198. The van der Waals surface area contributed by atoms with Gasteiger partial charge in [-0.15, -0.1) is 0 Å². The minimum absolute atomic E-state index is 0.198. The maximum Gasteiger partial charge on any atom is 0.162 e. The highest BCUT2D eigenvalue weighted by molar-refractivity contribution is 5.96. The Morgan fingerprint density at radius 2 is 1.95 bits per heavy atom. The van der Waals surface area contributed by atoms with Crippen molar-refractivity contribution in [3.63, 3.8) is 0 Å². The summed E-state index contributed by atoms with van der Waals surface area (Å²) in [6.07, 6.45) is 1.68. The monoisotopic (exact) mass is 276 g/mol. The van der Waals surface area contributed by atoms with Crippen molar-refractivity contribution in [3.05, 3.63) is 29.8 Å². The molecule has 20 heavy (non-hydrogen) atoms. The first-order chi connectivity index (χ1) is 9.79. The lowest BCUT2D eigenvalue weighted by molar-refractivity contribution is 0.0378. The molecule has 0 atom stereocenters. The van der Waals surface area contributed by atoms with Gasteiger partial charge in [0.15, 0.2) is 5.78 Å². The molecule has 0 spiro atoms. The van der Waals surface area contributed by atoms with E-state index < -0.39 is 0 Å². The molecule has 1 fully saturated rings. The van der Waals surface area contributed by atoms with Gasteiger partial charge in [0.25, 0.3) is 0 Å². The summed E-state index contributed by atoms with van der Waals surface area (Å²) in [5, 5.41) is 3.40. The molecule has 0 saturated carbocycles. The zero-order chi connectivity index (χ0) is 14.2. The molecule has 0 amide bonds. The number of carbonyl (C=O) groups excluding carboxylic acids is 1. The van der Waals surface area contributed by atoms with Gasteiger partial charge in [-0.2, -0.15) is 0 Å². The molecule has 1 aromatic carbocycles. The Hall–Kier alpha value is -1.39. The number of nitrogens with zero attached hydrogens (tertiary/aromatic N) is 1. The van der Waals surface area contributed by atoms with Crippen LogP contribution in [0.25, 0.3) is 0 Å².